The number of rotatable bonds is 4. The van der Waals surface area contributed by atoms with E-state index >= 15 is 0 Å². The molecule has 0 aliphatic heterocycles. The molecule has 0 saturated heterocycles. The number of nitrogens with one attached hydrogen (secondary N) is 2. The molecule has 1 saturated carbocycles. The Kier molecular flexibility index (Phi) is 4.92. The molecule has 0 aromatic heterocycles. The van der Waals surface area contributed by atoms with Crippen LogP contribution >= 0.6 is 0 Å². The number of halogens is 2. The molecule has 0 bridgehead atoms. The Balaban J connectivity index is 2.19. The molecule has 0 spiro atoms. The van der Waals surface area contributed by atoms with Crippen molar-refractivity contribution < 1.29 is 13.6 Å². The quantitative estimate of drug-likeness (QED) is 0.685. The van der Waals surface area contributed by atoms with E-state index in [0.29, 0.717) is 0 Å². The third-order valence-corrected chi connectivity index (χ3v) is 2.75. The van der Waals surface area contributed by atoms with Crippen molar-refractivity contribution in [1.29, 1.82) is 0 Å². The van der Waals surface area contributed by atoms with E-state index in [1.165, 1.54) is 6.42 Å². The summed E-state index contributed by atoms with van der Waals surface area (Å²) in [7, 11) is 0. The van der Waals surface area contributed by atoms with E-state index in [1.54, 1.807) is 0 Å². The Hall–Kier alpha value is -0.910. The van der Waals surface area contributed by atoms with Crippen molar-refractivity contribution in [2.75, 3.05) is 13.1 Å². The van der Waals surface area contributed by atoms with E-state index in [0.717, 1.165) is 25.7 Å². The zero-order valence-electron chi connectivity index (χ0n) is 9.27. The molecular formula is C10H19F2N3O. The van der Waals surface area contributed by atoms with Crippen LogP contribution in [0.1, 0.15) is 32.1 Å². The van der Waals surface area contributed by atoms with E-state index in [9.17, 15) is 13.6 Å². The summed E-state index contributed by atoms with van der Waals surface area (Å²) in [4.78, 5) is 11.3. The van der Waals surface area contributed by atoms with E-state index < -0.39 is 25.0 Å². The van der Waals surface area contributed by atoms with Crippen LogP contribution in [0.2, 0.25) is 0 Å². The Bertz CT molecular complexity index is 230. The minimum Gasteiger partial charge on any atom is -0.335 e. The largest absolute Gasteiger partial charge is 0.335 e. The van der Waals surface area contributed by atoms with Gasteiger partial charge in [-0.3, -0.25) is 0 Å². The molecular weight excluding hydrogens is 216 g/mol. The number of hydrogen-bond donors (Lipinski definition) is 3. The molecule has 4 N–H and O–H groups in total. The molecule has 1 fully saturated rings. The van der Waals surface area contributed by atoms with Crippen LogP contribution in [-0.4, -0.2) is 31.1 Å². The first-order chi connectivity index (χ1) is 7.53. The Labute approximate surface area is 94.0 Å². The second-order valence-corrected chi connectivity index (χ2v) is 4.22. The van der Waals surface area contributed by atoms with Crippen molar-refractivity contribution in [2.45, 2.75) is 44.1 Å². The minimum atomic E-state index is -3.02. The molecule has 1 aliphatic rings. The van der Waals surface area contributed by atoms with Gasteiger partial charge in [0.25, 0.3) is 5.92 Å². The predicted octanol–water partition coefficient (Wildman–Crippen LogP) is 1.21. The van der Waals surface area contributed by atoms with Crippen LogP contribution < -0.4 is 16.4 Å². The Morgan fingerprint density at radius 2 is 1.94 bits per heavy atom. The van der Waals surface area contributed by atoms with Crippen molar-refractivity contribution in [3.8, 4) is 0 Å². The maximum atomic E-state index is 12.7. The summed E-state index contributed by atoms with van der Waals surface area (Å²) in [6.45, 7) is -1.46. The van der Waals surface area contributed by atoms with E-state index in [4.69, 9.17) is 5.73 Å². The summed E-state index contributed by atoms with van der Waals surface area (Å²) in [6, 6.07) is -0.403. The van der Waals surface area contributed by atoms with Crippen LogP contribution in [0.25, 0.3) is 0 Å². The number of nitrogens with two attached hydrogens (primary N) is 1. The van der Waals surface area contributed by atoms with Crippen molar-refractivity contribution in [3.05, 3.63) is 0 Å². The Morgan fingerprint density at radius 3 is 2.50 bits per heavy atom. The lowest BCUT2D eigenvalue weighted by molar-refractivity contribution is 0.0142. The Morgan fingerprint density at radius 1 is 1.31 bits per heavy atom. The molecule has 0 atom stereocenters. The second-order valence-electron chi connectivity index (χ2n) is 4.22. The lowest BCUT2D eigenvalue weighted by atomic mass is 9.96. The van der Waals surface area contributed by atoms with Gasteiger partial charge >= 0.3 is 6.03 Å². The fraction of sp³-hybridized carbons (Fsp3) is 0.900. The smallest absolute Gasteiger partial charge is 0.315 e. The van der Waals surface area contributed by atoms with Crippen LogP contribution in [0.15, 0.2) is 0 Å². The summed E-state index contributed by atoms with van der Waals surface area (Å²) in [5, 5.41) is 4.83. The van der Waals surface area contributed by atoms with Gasteiger partial charge in [-0.15, -0.1) is 0 Å². The van der Waals surface area contributed by atoms with Gasteiger partial charge in [0.15, 0.2) is 0 Å². The first-order valence-corrected chi connectivity index (χ1v) is 5.66. The van der Waals surface area contributed by atoms with Gasteiger partial charge < -0.3 is 16.4 Å². The summed E-state index contributed by atoms with van der Waals surface area (Å²) in [5.41, 5.74) is 4.86. The number of alkyl halides is 2. The van der Waals surface area contributed by atoms with Crippen molar-refractivity contribution in [2.24, 2.45) is 5.73 Å². The third kappa shape index (κ3) is 4.74. The average molecular weight is 235 g/mol. The number of hydrogen-bond acceptors (Lipinski definition) is 2. The average Bonchev–Trinajstić information content (AvgIpc) is 2.28. The van der Waals surface area contributed by atoms with Crippen LogP contribution in [0.5, 0.6) is 0 Å². The highest BCUT2D eigenvalue weighted by atomic mass is 19.3. The monoisotopic (exact) mass is 235 g/mol. The fourth-order valence-electron chi connectivity index (χ4n) is 1.77. The van der Waals surface area contributed by atoms with Gasteiger partial charge in [-0.2, -0.15) is 0 Å². The van der Waals surface area contributed by atoms with E-state index in [2.05, 4.69) is 10.6 Å². The molecule has 0 aromatic carbocycles. The summed E-state index contributed by atoms with van der Waals surface area (Å²) < 4.78 is 25.4. The third-order valence-electron chi connectivity index (χ3n) is 2.75. The first-order valence-electron chi connectivity index (χ1n) is 5.66. The van der Waals surface area contributed by atoms with Crippen LogP contribution in [0, 0.1) is 0 Å². The molecule has 94 valence electrons. The molecule has 1 aliphatic carbocycles. The van der Waals surface area contributed by atoms with E-state index in [1.807, 2.05) is 0 Å². The molecule has 0 unspecified atom stereocenters. The topological polar surface area (TPSA) is 67.1 Å². The van der Waals surface area contributed by atoms with Gasteiger partial charge in [-0.05, 0) is 12.8 Å². The molecule has 6 heteroatoms. The van der Waals surface area contributed by atoms with Gasteiger partial charge in [0, 0.05) is 6.04 Å². The number of amides is 2. The lowest BCUT2D eigenvalue weighted by Gasteiger charge is -2.23. The maximum absolute atomic E-state index is 12.7. The highest BCUT2D eigenvalue weighted by molar-refractivity contribution is 5.74. The molecule has 0 heterocycles. The van der Waals surface area contributed by atoms with Gasteiger partial charge in [-0.25, -0.2) is 13.6 Å². The van der Waals surface area contributed by atoms with Gasteiger partial charge in [0.1, 0.15) is 0 Å². The van der Waals surface area contributed by atoms with Crippen molar-refractivity contribution in [1.82, 2.24) is 10.6 Å². The molecule has 4 nitrogen and oxygen atoms in total. The molecule has 16 heavy (non-hydrogen) atoms. The molecule has 0 aromatic rings. The summed E-state index contributed by atoms with van der Waals surface area (Å²) in [6.07, 6.45) is 5.22. The second kappa shape index (κ2) is 5.98. The summed E-state index contributed by atoms with van der Waals surface area (Å²) in [5.74, 6) is -3.02. The molecule has 2 amide bonds. The highest BCUT2D eigenvalue weighted by Crippen LogP contribution is 2.17. The van der Waals surface area contributed by atoms with Crippen LogP contribution in [0.3, 0.4) is 0 Å². The van der Waals surface area contributed by atoms with E-state index in [-0.39, 0.29) is 6.04 Å². The normalized spacial score (nSPS) is 18.2. The first kappa shape index (κ1) is 13.2. The van der Waals surface area contributed by atoms with Gasteiger partial charge in [0.2, 0.25) is 0 Å². The van der Waals surface area contributed by atoms with Crippen molar-refractivity contribution in [3.63, 3.8) is 0 Å². The van der Waals surface area contributed by atoms with Gasteiger partial charge in [-0.1, -0.05) is 19.3 Å². The summed E-state index contributed by atoms with van der Waals surface area (Å²) >= 11 is 0. The zero-order valence-corrected chi connectivity index (χ0v) is 9.27. The number of carbonyl (C=O) groups excluding carboxylic acids is 1. The van der Waals surface area contributed by atoms with Crippen molar-refractivity contribution >= 4 is 6.03 Å². The molecule has 1 rings (SSSR count). The zero-order chi connectivity index (χ0) is 12.0. The standard InChI is InChI=1S/C10H19F2N3O/c11-10(12,6-13)7-14-9(16)15-8-4-2-1-3-5-8/h8H,1-7,13H2,(H2,14,15,16). The highest BCUT2D eigenvalue weighted by Gasteiger charge is 2.27. The SMILES string of the molecule is NCC(F)(F)CNC(=O)NC1CCCCC1. The van der Waals surface area contributed by atoms with Gasteiger partial charge in [0.05, 0.1) is 13.1 Å². The van der Waals surface area contributed by atoms with Crippen LogP contribution in [-0.2, 0) is 0 Å². The fourth-order valence-corrected chi connectivity index (χ4v) is 1.77. The number of urea groups is 1. The lowest BCUT2D eigenvalue weighted by Crippen LogP contribution is -2.48. The number of carbonyl (C=O) groups is 1. The minimum absolute atomic E-state index is 0.125. The van der Waals surface area contributed by atoms with Crippen LogP contribution in [0.4, 0.5) is 13.6 Å². The molecule has 0 radical (unpaired) electrons. The predicted molar refractivity (Wildman–Crippen MR) is 57.4 cm³/mol. The maximum Gasteiger partial charge on any atom is 0.315 e.